The van der Waals surface area contributed by atoms with Crippen LogP contribution in [-0.2, 0) is 0 Å². The van der Waals surface area contributed by atoms with E-state index in [9.17, 15) is 13.2 Å². The van der Waals surface area contributed by atoms with Crippen LogP contribution in [-0.4, -0.2) is 12.7 Å². The molecular formula is C12H18F3NS. The molecule has 17 heavy (non-hydrogen) atoms. The number of aryl methyl sites for hydroxylation is 2. The van der Waals surface area contributed by atoms with Gasteiger partial charge in [-0.05, 0) is 45.4 Å². The highest BCUT2D eigenvalue weighted by molar-refractivity contribution is 7.12. The van der Waals surface area contributed by atoms with Gasteiger partial charge in [-0.3, -0.25) is 0 Å². The fraction of sp³-hybridized carbons (Fsp3) is 0.667. The molecule has 1 aromatic rings. The molecule has 0 aliphatic heterocycles. The van der Waals surface area contributed by atoms with Crippen LogP contribution in [0.15, 0.2) is 6.07 Å². The Hall–Kier alpha value is -0.550. The third-order valence-corrected chi connectivity index (χ3v) is 3.62. The zero-order chi connectivity index (χ0) is 13.1. The molecule has 1 aromatic heterocycles. The normalized spacial score (nSPS) is 14.0. The highest BCUT2D eigenvalue weighted by Gasteiger charge is 2.26. The van der Waals surface area contributed by atoms with Crippen molar-refractivity contribution in [2.45, 2.75) is 45.8 Å². The minimum absolute atomic E-state index is 0.119. The number of halogens is 3. The summed E-state index contributed by atoms with van der Waals surface area (Å²) < 4.78 is 35.8. The smallest absolute Gasteiger partial charge is 0.310 e. The largest absolute Gasteiger partial charge is 0.389 e. The van der Waals surface area contributed by atoms with Gasteiger partial charge in [0.05, 0.1) is 0 Å². The highest BCUT2D eigenvalue weighted by Crippen LogP contribution is 2.26. The molecule has 0 amide bonds. The maximum Gasteiger partial charge on any atom is 0.389 e. The maximum atomic E-state index is 11.9. The number of rotatable bonds is 5. The zero-order valence-electron chi connectivity index (χ0n) is 10.3. The standard InChI is InChI=1S/C12H18F3NS/c1-8-7-11(10(3)17-8)9(2)16-6-4-5-12(13,14)15/h7,9,16H,4-6H2,1-3H3. The van der Waals surface area contributed by atoms with Gasteiger partial charge in [-0.1, -0.05) is 0 Å². The zero-order valence-corrected chi connectivity index (χ0v) is 11.1. The lowest BCUT2D eigenvalue weighted by Gasteiger charge is -2.14. The van der Waals surface area contributed by atoms with E-state index < -0.39 is 12.6 Å². The average Bonchev–Trinajstić information content (AvgIpc) is 2.51. The Morgan fingerprint density at radius 1 is 1.35 bits per heavy atom. The molecule has 1 N–H and O–H groups in total. The van der Waals surface area contributed by atoms with Gasteiger partial charge in [0.15, 0.2) is 0 Å². The van der Waals surface area contributed by atoms with Gasteiger partial charge in [0.25, 0.3) is 0 Å². The third kappa shape index (κ3) is 5.08. The molecule has 1 atom stereocenters. The van der Waals surface area contributed by atoms with Crippen LogP contribution in [0.1, 0.15) is 41.1 Å². The van der Waals surface area contributed by atoms with Crippen LogP contribution < -0.4 is 5.32 Å². The molecule has 1 rings (SSSR count). The molecule has 1 nitrogen and oxygen atoms in total. The number of alkyl halides is 3. The van der Waals surface area contributed by atoms with E-state index >= 15 is 0 Å². The molecule has 0 aromatic carbocycles. The summed E-state index contributed by atoms with van der Waals surface area (Å²) in [6, 6.07) is 2.22. The van der Waals surface area contributed by atoms with E-state index in [1.807, 2.05) is 20.8 Å². The summed E-state index contributed by atoms with van der Waals surface area (Å²) >= 11 is 1.72. The first-order chi connectivity index (χ1) is 7.79. The predicted molar refractivity (Wildman–Crippen MR) is 65.5 cm³/mol. The van der Waals surface area contributed by atoms with E-state index in [0.29, 0.717) is 6.54 Å². The molecule has 0 fully saturated rings. The molecular weight excluding hydrogens is 247 g/mol. The fourth-order valence-corrected chi connectivity index (χ4v) is 2.82. The molecule has 0 aliphatic rings. The topological polar surface area (TPSA) is 12.0 Å². The maximum absolute atomic E-state index is 11.9. The van der Waals surface area contributed by atoms with Crippen LogP contribution in [0.4, 0.5) is 13.2 Å². The van der Waals surface area contributed by atoms with E-state index in [0.717, 1.165) is 0 Å². The van der Waals surface area contributed by atoms with Gasteiger partial charge in [0.1, 0.15) is 0 Å². The van der Waals surface area contributed by atoms with Crippen molar-refractivity contribution in [2.75, 3.05) is 6.54 Å². The Kier molecular flexibility index (Phi) is 5.01. The minimum atomic E-state index is -4.04. The fourth-order valence-electron chi connectivity index (χ4n) is 1.80. The molecule has 0 spiro atoms. The second-order valence-corrected chi connectivity index (χ2v) is 5.72. The van der Waals surface area contributed by atoms with Gasteiger partial charge in [-0.25, -0.2) is 0 Å². The Morgan fingerprint density at radius 3 is 2.47 bits per heavy atom. The molecule has 0 radical (unpaired) electrons. The van der Waals surface area contributed by atoms with Crippen molar-refractivity contribution in [1.29, 1.82) is 0 Å². The average molecular weight is 265 g/mol. The van der Waals surface area contributed by atoms with Crippen molar-refractivity contribution < 1.29 is 13.2 Å². The van der Waals surface area contributed by atoms with Crippen molar-refractivity contribution >= 4 is 11.3 Å². The van der Waals surface area contributed by atoms with E-state index in [1.54, 1.807) is 11.3 Å². The van der Waals surface area contributed by atoms with E-state index in [1.165, 1.54) is 15.3 Å². The summed E-state index contributed by atoms with van der Waals surface area (Å²) in [7, 11) is 0. The van der Waals surface area contributed by atoms with Crippen LogP contribution in [0.25, 0.3) is 0 Å². The quantitative estimate of drug-likeness (QED) is 0.780. The Labute approximate surface area is 104 Å². The summed E-state index contributed by atoms with van der Waals surface area (Å²) in [4.78, 5) is 2.47. The number of hydrogen-bond donors (Lipinski definition) is 1. The van der Waals surface area contributed by atoms with E-state index in [-0.39, 0.29) is 12.5 Å². The Balaban J connectivity index is 2.35. The first-order valence-corrected chi connectivity index (χ1v) is 6.48. The van der Waals surface area contributed by atoms with E-state index in [2.05, 4.69) is 11.4 Å². The monoisotopic (exact) mass is 265 g/mol. The van der Waals surface area contributed by atoms with Gasteiger partial charge in [0.2, 0.25) is 0 Å². The molecule has 98 valence electrons. The van der Waals surface area contributed by atoms with Crippen molar-refractivity contribution in [3.05, 3.63) is 21.4 Å². The number of thiophene rings is 1. The van der Waals surface area contributed by atoms with Crippen molar-refractivity contribution in [3.8, 4) is 0 Å². The molecule has 0 aliphatic carbocycles. The van der Waals surface area contributed by atoms with Gasteiger partial charge in [-0.15, -0.1) is 11.3 Å². The predicted octanol–water partition coefficient (Wildman–Crippen LogP) is 4.36. The number of hydrogen-bond acceptors (Lipinski definition) is 2. The molecule has 5 heteroatoms. The van der Waals surface area contributed by atoms with Crippen LogP contribution in [0, 0.1) is 13.8 Å². The number of nitrogens with one attached hydrogen (secondary N) is 1. The van der Waals surface area contributed by atoms with Crippen LogP contribution in [0.3, 0.4) is 0 Å². The molecule has 0 bridgehead atoms. The van der Waals surface area contributed by atoms with Gasteiger partial charge in [-0.2, -0.15) is 13.2 Å². The molecule has 1 heterocycles. The van der Waals surface area contributed by atoms with Gasteiger partial charge >= 0.3 is 6.18 Å². The second kappa shape index (κ2) is 5.87. The Morgan fingerprint density at radius 2 is 2.00 bits per heavy atom. The summed E-state index contributed by atoms with van der Waals surface area (Å²) in [5.74, 6) is 0. The SMILES string of the molecule is Cc1cc(C(C)NCCCC(F)(F)F)c(C)s1. The molecule has 0 saturated heterocycles. The summed E-state index contributed by atoms with van der Waals surface area (Å²) in [5.41, 5.74) is 1.19. The lowest BCUT2D eigenvalue weighted by Crippen LogP contribution is -2.21. The van der Waals surface area contributed by atoms with E-state index in [4.69, 9.17) is 0 Å². The van der Waals surface area contributed by atoms with Gasteiger partial charge < -0.3 is 5.32 Å². The van der Waals surface area contributed by atoms with Crippen LogP contribution >= 0.6 is 11.3 Å². The summed E-state index contributed by atoms with van der Waals surface area (Å²) in [5, 5.41) is 3.13. The molecule has 1 unspecified atom stereocenters. The van der Waals surface area contributed by atoms with Crippen molar-refractivity contribution in [1.82, 2.24) is 5.32 Å². The lowest BCUT2D eigenvalue weighted by molar-refractivity contribution is -0.135. The third-order valence-electron chi connectivity index (χ3n) is 2.63. The minimum Gasteiger partial charge on any atom is -0.310 e. The summed E-state index contributed by atoms with van der Waals surface area (Å²) in [6.07, 6.45) is -4.62. The summed E-state index contributed by atoms with van der Waals surface area (Å²) in [6.45, 7) is 6.47. The lowest BCUT2D eigenvalue weighted by atomic mass is 10.1. The highest BCUT2D eigenvalue weighted by atomic mass is 32.1. The second-order valence-electron chi connectivity index (χ2n) is 4.26. The van der Waals surface area contributed by atoms with Crippen molar-refractivity contribution in [3.63, 3.8) is 0 Å². The Bertz CT molecular complexity index is 357. The molecule has 0 saturated carbocycles. The van der Waals surface area contributed by atoms with Crippen LogP contribution in [0.2, 0.25) is 0 Å². The van der Waals surface area contributed by atoms with Crippen molar-refractivity contribution in [2.24, 2.45) is 0 Å². The first kappa shape index (κ1) is 14.5. The first-order valence-electron chi connectivity index (χ1n) is 5.66. The van der Waals surface area contributed by atoms with Gasteiger partial charge in [0, 0.05) is 22.2 Å². The van der Waals surface area contributed by atoms with Crippen LogP contribution in [0.5, 0.6) is 0 Å².